The number of hydrogen-bond acceptors (Lipinski definition) is 6. The molecule has 4 rings (SSSR count). The molecule has 0 N–H and O–H groups in total. The van der Waals surface area contributed by atoms with E-state index in [1.165, 1.54) is 10.5 Å². The van der Waals surface area contributed by atoms with Gasteiger partial charge in [-0.2, -0.15) is 4.31 Å². The van der Waals surface area contributed by atoms with Crippen LogP contribution < -0.4 is 4.74 Å². The molecule has 0 spiro atoms. The van der Waals surface area contributed by atoms with Gasteiger partial charge >= 0.3 is 0 Å². The highest BCUT2D eigenvalue weighted by Crippen LogP contribution is 2.23. The van der Waals surface area contributed by atoms with Crippen LogP contribution in [0.4, 0.5) is 0 Å². The summed E-state index contributed by atoms with van der Waals surface area (Å²) in [7, 11) is -3.63. The van der Waals surface area contributed by atoms with Crippen molar-refractivity contribution in [3.63, 3.8) is 0 Å². The van der Waals surface area contributed by atoms with Crippen LogP contribution in [0, 0.1) is 0 Å². The molecular weight excluding hydrogens is 454 g/mol. The van der Waals surface area contributed by atoms with Crippen LogP contribution in [0.3, 0.4) is 0 Å². The predicted molar refractivity (Wildman–Crippen MR) is 130 cm³/mol. The number of hydrogen-bond donors (Lipinski definition) is 0. The van der Waals surface area contributed by atoms with Crippen molar-refractivity contribution in [3.8, 4) is 5.75 Å². The third kappa shape index (κ3) is 5.37. The van der Waals surface area contributed by atoms with Crippen LogP contribution in [0.2, 0.25) is 0 Å². The topological polar surface area (TPSA) is 88.5 Å². The highest BCUT2D eigenvalue weighted by atomic mass is 32.2. The number of piperazine rings is 1. The number of amides is 1. The maximum atomic E-state index is 13.1. The molecule has 0 atom stereocenters. The third-order valence-corrected chi connectivity index (χ3v) is 7.52. The summed E-state index contributed by atoms with van der Waals surface area (Å²) < 4.78 is 33.1. The molecule has 0 unspecified atom stereocenters. The Bertz CT molecular complexity index is 1280. The molecular formula is C25H27N3O5S. The van der Waals surface area contributed by atoms with Crippen molar-refractivity contribution in [2.45, 2.75) is 11.8 Å². The van der Waals surface area contributed by atoms with Crippen LogP contribution in [0.5, 0.6) is 5.75 Å². The van der Waals surface area contributed by atoms with Gasteiger partial charge in [-0.3, -0.25) is 4.79 Å². The number of para-hydroxylation sites is 1. The van der Waals surface area contributed by atoms with Gasteiger partial charge < -0.3 is 14.5 Å². The summed E-state index contributed by atoms with van der Waals surface area (Å²) in [5.74, 6) is 0.449. The quantitative estimate of drug-likeness (QED) is 0.364. The number of sulfonamides is 1. The molecule has 1 aliphatic rings. The zero-order valence-corrected chi connectivity index (χ0v) is 19.8. The highest BCUT2D eigenvalue weighted by Gasteiger charge is 2.30. The number of benzene rings is 3. The van der Waals surface area contributed by atoms with Crippen LogP contribution in [0.25, 0.3) is 10.8 Å². The molecule has 0 radical (unpaired) electrons. The Morgan fingerprint density at radius 3 is 2.44 bits per heavy atom. The zero-order valence-electron chi connectivity index (χ0n) is 19.0. The van der Waals surface area contributed by atoms with Gasteiger partial charge in [-0.1, -0.05) is 47.6 Å². The first-order valence-electron chi connectivity index (χ1n) is 11.1. The molecule has 0 saturated carbocycles. The maximum absolute atomic E-state index is 13.1. The summed E-state index contributed by atoms with van der Waals surface area (Å²) in [4.78, 5) is 19.5. The largest absolute Gasteiger partial charge is 0.493 e. The van der Waals surface area contributed by atoms with E-state index in [1.807, 2.05) is 61.5 Å². The minimum Gasteiger partial charge on any atom is -0.493 e. The summed E-state index contributed by atoms with van der Waals surface area (Å²) in [6.45, 7) is 3.27. The van der Waals surface area contributed by atoms with E-state index in [2.05, 4.69) is 5.16 Å². The minimum absolute atomic E-state index is 0.218. The summed E-state index contributed by atoms with van der Waals surface area (Å²) in [6.07, 6.45) is 1.51. The first-order valence-corrected chi connectivity index (χ1v) is 12.6. The van der Waals surface area contributed by atoms with Gasteiger partial charge in [0.05, 0.1) is 17.7 Å². The van der Waals surface area contributed by atoms with E-state index in [9.17, 15) is 13.2 Å². The van der Waals surface area contributed by atoms with Gasteiger partial charge in [0, 0.05) is 31.7 Å². The molecule has 0 aromatic heterocycles. The van der Waals surface area contributed by atoms with E-state index in [0.29, 0.717) is 25.4 Å². The summed E-state index contributed by atoms with van der Waals surface area (Å²) >= 11 is 0. The van der Waals surface area contributed by atoms with Gasteiger partial charge in [-0.25, -0.2) is 8.42 Å². The van der Waals surface area contributed by atoms with Gasteiger partial charge in [0.15, 0.2) is 6.61 Å². The number of oxime groups is 1. The predicted octanol–water partition coefficient (Wildman–Crippen LogP) is 3.12. The summed E-state index contributed by atoms with van der Waals surface area (Å²) in [5, 5.41) is 5.74. The molecule has 3 aromatic carbocycles. The fourth-order valence-corrected chi connectivity index (χ4v) is 5.26. The summed E-state index contributed by atoms with van der Waals surface area (Å²) in [5.41, 5.74) is 0.754. The Balaban J connectivity index is 1.30. The average molecular weight is 482 g/mol. The van der Waals surface area contributed by atoms with Crippen molar-refractivity contribution in [1.82, 2.24) is 9.21 Å². The first kappa shape index (κ1) is 23.7. The molecule has 0 aliphatic carbocycles. The van der Waals surface area contributed by atoms with E-state index in [-0.39, 0.29) is 30.5 Å². The van der Waals surface area contributed by atoms with Crippen LogP contribution in [0.15, 0.2) is 76.8 Å². The fraction of sp³-hybridized carbons (Fsp3) is 0.280. The molecule has 1 saturated heterocycles. The highest BCUT2D eigenvalue weighted by molar-refractivity contribution is 7.89. The van der Waals surface area contributed by atoms with Gasteiger partial charge in [-0.15, -0.1) is 0 Å². The molecule has 1 amide bonds. The molecule has 178 valence electrons. The van der Waals surface area contributed by atoms with Gasteiger partial charge in [0.25, 0.3) is 5.91 Å². The number of nitrogens with zero attached hydrogens (tertiary/aromatic N) is 3. The Morgan fingerprint density at radius 1 is 0.971 bits per heavy atom. The maximum Gasteiger partial charge on any atom is 0.263 e. The Kier molecular flexibility index (Phi) is 7.44. The van der Waals surface area contributed by atoms with Gasteiger partial charge in [0.1, 0.15) is 5.75 Å². The fourth-order valence-electron chi connectivity index (χ4n) is 3.81. The van der Waals surface area contributed by atoms with Gasteiger partial charge in [0.2, 0.25) is 10.0 Å². The van der Waals surface area contributed by atoms with E-state index in [4.69, 9.17) is 9.57 Å². The number of carbonyl (C=O) groups excluding carboxylic acids is 1. The van der Waals surface area contributed by atoms with Crippen molar-refractivity contribution < 1.29 is 22.8 Å². The molecule has 8 nitrogen and oxygen atoms in total. The Hall–Kier alpha value is -3.43. The van der Waals surface area contributed by atoms with Crippen molar-refractivity contribution in [1.29, 1.82) is 0 Å². The number of rotatable bonds is 8. The second kappa shape index (κ2) is 10.7. The molecule has 0 bridgehead atoms. The van der Waals surface area contributed by atoms with Crippen LogP contribution in [-0.4, -0.2) is 69.1 Å². The standard InChI is InChI=1S/C25H27N3O5S/c1-2-32-24-10-6-5-9-22(24)18-26-33-19-25(29)27-13-15-28(16-14-27)34(30,31)23-12-11-20-7-3-4-8-21(20)17-23/h3-12,17-18H,2,13-16,19H2,1H3. The van der Waals surface area contributed by atoms with Crippen molar-refractivity contribution >= 4 is 32.9 Å². The average Bonchev–Trinajstić information content (AvgIpc) is 2.87. The van der Waals surface area contributed by atoms with E-state index < -0.39 is 10.0 Å². The lowest BCUT2D eigenvalue weighted by atomic mass is 10.1. The molecule has 34 heavy (non-hydrogen) atoms. The SMILES string of the molecule is CCOc1ccccc1C=NOCC(=O)N1CCN(S(=O)(=O)c2ccc3ccccc3c2)CC1. The van der Waals surface area contributed by atoms with E-state index >= 15 is 0 Å². The van der Waals surface area contributed by atoms with Gasteiger partial charge in [-0.05, 0) is 42.0 Å². The number of ether oxygens (including phenoxy) is 1. The normalized spacial score (nSPS) is 15.0. The lowest BCUT2D eigenvalue weighted by Crippen LogP contribution is -2.51. The first-order chi connectivity index (χ1) is 16.5. The summed E-state index contributed by atoms with van der Waals surface area (Å²) in [6, 6.07) is 20.2. The van der Waals surface area contributed by atoms with Crippen molar-refractivity contribution in [3.05, 3.63) is 72.3 Å². The Labute approximate surface area is 199 Å². The number of fused-ring (bicyclic) bond motifs is 1. The Morgan fingerprint density at radius 2 is 1.68 bits per heavy atom. The lowest BCUT2D eigenvalue weighted by Gasteiger charge is -2.33. The lowest BCUT2D eigenvalue weighted by molar-refractivity contribution is -0.137. The zero-order chi connectivity index (χ0) is 24.0. The van der Waals surface area contributed by atoms with Crippen LogP contribution in [0.1, 0.15) is 12.5 Å². The van der Waals surface area contributed by atoms with E-state index in [0.717, 1.165) is 16.3 Å². The second-order valence-corrected chi connectivity index (χ2v) is 9.71. The molecule has 9 heteroatoms. The van der Waals surface area contributed by atoms with Crippen molar-refractivity contribution in [2.24, 2.45) is 5.16 Å². The van der Waals surface area contributed by atoms with Crippen LogP contribution >= 0.6 is 0 Å². The molecule has 1 heterocycles. The molecule has 1 aliphatic heterocycles. The van der Waals surface area contributed by atoms with E-state index in [1.54, 1.807) is 17.0 Å². The molecule has 3 aromatic rings. The molecule has 1 fully saturated rings. The smallest absolute Gasteiger partial charge is 0.263 e. The monoisotopic (exact) mass is 481 g/mol. The number of carbonyl (C=O) groups is 1. The minimum atomic E-state index is -3.63. The second-order valence-electron chi connectivity index (χ2n) is 7.77. The van der Waals surface area contributed by atoms with Crippen molar-refractivity contribution in [2.75, 3.05) is 39.4 Å². The third-order valence-electron chi connectivity index (χ3n) is 5.62. The van der Waals surface area contributed by atoms with Crippen LogP contribution in [-0.2, 0) is 19.7 Å².